The molecule has 1 rings (SSSR count). The molecule has 21 heavy (non-hydrogen) atoms. The number of rotatable bonds is 7. The van der Waals surface area contributed by atoms with Gasteiger partial charge in [-0.3, -0.25) is 19.7 Å². The standard InChI is InChI=1S/C13H17N3O5/c1-9(17)15-12(8-21-2)13(18)14-7-10-4-3-5-11(6-10)16(19)20/h3-6,12H,7-8H2,1-2H3,(H,14,18)(H,15,17)/t12-/m1/s1. The number of ether oxygens (including phenoxy) is 1. The van der Waals surface area contributed by atoms with Gasteiger partial charge in [0.25, 0.3) is 5.69 Å². The Bertz CT molecular complexity index is 532. The Labute approximate surface area is 121 Å². The van der Waals surface area contributed by atoms with Crippen molar-refractivity contribution in [3.63, 3.8) is 0 Å². The van der Waals surface area contributed by atoms with Gasteiger partial charge in [0.2, 0.25) is 11.8 Å². The van der Waals surface area contributed by atoms with Gasteiger partial charge in [-0.1, -0.05) is 12.1 Å². The van der Waals surface area contributed by atoms with Crippen molar-refractivity contribution < 1.29 is 19.2 Å². The second kappa shape index (κ2) is 7.95. The van der Waals surface area contributed by atoms with Crippen LogP contribution in [0.4, 0.5) is 5.69 Å². The average Bonchev–Trinajstić information content (AvgIpc) is 2.44. The third-order valence-corrected chi connectivity index (χ3v) is 2.62. The van der Waals surface area contributed by atoms with Crippen LogP contribution in [0, 0.1) is 10.1 Å². The fraction of sp³-hybridized carbons (Fsp3) is 0.385. The molecule has 0 spiro atoms. The van der Waals surface area contributed by atoms with E-state index in [1.807, 2.05) is 0 Å². The number of hydrogen-bond donors (Lipinski definition) is 2. The third-order valence-electron chi connectivity index (χ3n) is 2.62. The molecule has 0 aromatic heterocycles. The van der Waals surface area contributed by atoms with Crippen molar-refractivity contribution >= 4 is 17.5 Å². The lowest BCUT2D eigenvalue weighted by Gasteiger charge is -2.16. The topological polar surface area (TPSA) is 111 Å². The maximum Gasteiger partial charge on any atom is 0.269 e. The van der Waals surface area contributed by atoms with E-state index in [-0.39, 0.29) is 24.7 Å². The summed E-state index contributed by atoms with van der Waals surface area (Å²) in [6.07, 6.45) is 0. The first-order valence-corrected chi connectivity index (χ1v) is 6.21. The van der Waals surface area contributed by atoms with Crippen LogP contribution in [0.5, 0.6) is 0 Å². The Morgan fingerprint density at radius 3 is 2.71 bits per heavy atom. The number of hydrogen-bond acceptors (Lipinski definition) is 5. The van der Waals surface area contributed by atoms with Crippen molar-refractivity contribution in [2.45, 2.75) is 19.5 Å². The summed E-state index contributed by atoms with van der Waals surface area (Å²) in [7, 11) is 1.42. The molecule has 0 saturated carbocycles. The van der Waals surface area contributed by atoms with Crippen molar-refractivity contribution in [1.29, 1.82) is 0 Å². The van der Waals surface area contributed by atoms with Crippen molar-refractivity contribution in [2.75, 3.05) is 13.7 Å². The smallest absolute Gasteiger partial charge is 0.269 e. The van der Waals surface area contributed by atoms with E-state index in [4.69, 9.17) is 4.74 Å². The molecule has 0 heterocycles. The van der Waals surface area contributed by atoms with Gasteiger partial charge in [-0.15, -0.1) is 0 Å². The molecule has 1 aromatic carbocycles. The highest BCUT2D eigenvalue weighted by molar-refractivity contribution is 5.86. The molecule has 2 N–H and O–H groups in total. The second-order valence-corrected chi connectivity index (χ2v) is 4.35. The quantitative estimate of drug-likeness (QED) is 0.557. The molecule has 0 fully saturated rings. The largest absolute Gasteiger partial charge is 0.382 e. The Morgan fingerprint density at radius 2 is 2.14 bits per heavy atom. The van der Waals surface area contributed by atoms with Gasteiger partial charge in [0.05, 0.1) is 11.5 Å². The predicted molar refractivity (Wildman–Crippen MR) is 74.4 cm³/mol. The molecule has 114 valence electrons. The summed E-state index contributed by atoms with van der Waals surface area (Å²) in [6, 6.07) is 5.16. The first-order valence-electron chi connectivity index (χ1n) is 6.21. The van der Waals surface area contributed by atoms with Gasteiger partial charge < -0.3 is 15.4 Å². The van der Waals surface area contributed by atoms with Crippen LogP contribution in [0.2, 0.25) is 0 Å². The van der Waals surface area contributed by atoms with E-state index in [9.17, 15) is 19.7 Å². The lowest BCUT2D eigenvalue weighted by molar-refractivity contribution is -0.384. The zero-order valence-electron chi connectivity index (χ0n) is 11.8. The van der Waals surface area contributed by atoms with E-state index in [1.165, 1.54) is 26.2 Å². The van der Waals surface area contributed by atoms with Crippen LogP contribution in [0.3, 0.4) is 0 Å². The summed E-state index contributed by atoms with van der Waals surface area (Å²) < 4.78 is 4.86. The first kappa shape index (κ1) is 16.6. The Balaban J connectivity index is 2.63. The molecule has 0 aliphatic carbocycles. The third kappa shape index (κ3) is 5.57. The monoisotopic (exact) mass is 295 g/mol. The number of nitrogens with zero attached hydrogens (tertiary/aromatic N) is 1. The van der Waals surface area contributed by atoms with E-state index in [1.54, 1.807) is 12.1 Å². The number of amides is 2. The number of nitro benzene ring substituents is 1. The minimum atomic E-state index is -0.800. The van der Waals surface area contributed by atoms with Crippen LogP contribution < -0.4 is 10.6 Å². The number of carbonyl (C=O) groups is 2. The van der Waals surface area contributed by atoms with E-state index in [0.717, 1.165) is 0 Å². The highest BCUT2D eigenvalue weighted by Gasteiger charge is 2.19. The summed E-state index contributed by atoms with van der Waals surface area (Å²) in [4.78, 5) is 33.1. The fourth-order valence-corrected chi connectivity index (χ4v) is 1.69. The highest BCUT2D eigenvalue weighted by Crippen LogP contribution is 2.12. The molecule has 1 aromatic rings. The Kier molecular flexibility index (Phi) is 6.28. The van der Waals surface area contributed by atoms with Gasteiger partial charge in [0, 0.05) is 32.7 Å². The molecule has 0 aliphatic heterocycles. The van der Waals surface area contributed by atoms with E-state index < -0.39 is 16.9 Å². The van der Waals surface area contributed by atoms with Crippen LogP contribution >= 0.6 is 0 Å². The number of carbonyl (C=O) groups excluding carboxylic acids is 2. The predicted octanol–water partition coefficient (Wildman–Crippen LogP) is 0.362. The molecule has 0 bridgehead atoms. The van der Waals surface area contributed by atoms with Crippen LogP contribution in [0.25, 0.3) is 0 Å². The average molecular weight is 295 g/mol. The second-order valence-electron chi connectivity index (χ2n) is 4.35. The Morgan fingerprint density at radius 1 is 1.43 bits per heavy atom. The molecular weight excluding hydrogens is 278 g/mol. The molecular formula is C13H17N3O5. The van der Waals surface area contributed by atoms with Crippen molar-refractivity contribution in [2.24, 2.45) is 0 Å². The minimum absolute atomic E-state index is 0.0420. The maximum absolute atomic E-state index is 11.9. The lowest BCUT2D eigenvalue weighted by atomic mass is 10.2. The lowest BCUT2D eigenvalue weighted by Crippen LogP contribution is -2.48. The zero-order chi connectivity index (χ0) is 15.8. The van der Waals surface area contributed by atoms with E-state index in [2.05, 4.69) is 10.6 Å². The maximum atomic E-state index is 11.9. The SMILES string of the molecule is COC[C@@H](NC(C)=O)C(=O)NCc1cccc([N+](=O)[O-])c1. The van der Waals surface area contributed by atoms with Crippen LogP contribution in [-0.2, 0) is 20.9 Å². The fourth-order valence-electron chi connectivity index (χ4n) is 1.69. The van der Waals surface area contributed by atoms with Gasteiger partial charge >= 0.3 is 0 Å². The highest BCUT2D eigenvalue weighted by atomic mass is 16.6. The molecule has 1 atom stereocenters. The summed E-state index contributed by atoms with van der Waals surface area (Å²) in [5, 5.41) is 15.7. The van der Waals surface area contributed by atoms with Gasteiger partial charge in [0.15, 0.2) is 0 Å². The Hall–Kier alpha value is -2.48. The van der Waals surface area contributed by atoms with Gasteiger partial charge in [-0.2, -0.15) is 0 Å². The number of nitrogens with one attached hydrogen (secondary N) is 2. The number of methoxy groups -OCH3 is 1. The minimum Gasteiger partial charge on any atom is -0.382 e. The zero-order valence-corrected chi connectivity index (χ0v) is 11.8. The van der Waals surface area contributed by atoms with Crippen LogP contribution in [0.1, 0.15) is 12.5 Å². The molecule has 8 heteroatoms. The van der Waals surface area contributed by atoms with Gasteiger partial charge in [-0.05, 0) is 5.56 Å². The molecule has 0 radical (unpaired) electrons. The molecule has 2 amide bonds. The van der Waals surface area contributed by atoms with Gasteiger partial charge in [-0.25, -0.2) is 0 Å². The normalized spacial score (nSPS) is 11.5. The summed E-state index contributed by atoms with van der Waals surface area (Å²) in [5.74, 6) is -0.763. The van der Waals surface area contributed by atoms with Crippen LogP contribution in [0.15, 0.2) is 24.3 Å². The molecule has 0 saturated heterocycles. The molecule has 0 unspecified atom stereocenters. The number of non-ortho nitro benzene ring substituents is 1. The molecule has 8 nitrogen and oxygen atoms in total. The summed E-state index contributed by atoms with van der Waals surface area (Å²) >= 11 is 0. The van der Waals surface area contributed by atoms with Crippen molar-refractivity contribution in [1.82, 2.24) is 10.6 Å². The van der Waals surface area contributed by atoms with Crippen LogP contribution in [-0.4, -0.2) is 36.5 Å². The first-order chi connectivity index (χ1) is 9.93. The van der Waals surface area contributed by atoms with Gasteiger partial charge in [0.1, 0.15) is 6.04 Å². The van der Waals surface area contributed by atoms with E-state index in [0.29, 0.717) is 5.56 Å². The van der Waals surface area contributed by atoms with Crippen molar-refractivity contribution in [3.8, 4) is 0 Å². The number of benzene rings is 1. The summed E-state index contributed by atoms with van der Waals surface area (Å²) in [5.41, 5.74) is 0.550. The van der Waals surface area contributed by atoms with E-state index >= 15 is 0 Å². The van der Waals surface area contributed by atoms with Crippen molar-refractivity contribution in [3.05, 3.63) is 39.9 Å². The number of nitro groups is 1. The molecule has 0 aliphatic rings. The summed E-state index contributed by atoms with van der Waals surface area (Å²) in [6.45, 7) is 1.47.